The highest BCUT2D eigenvalue weighted by Crippen LogP contribution is 2.45. The number of cyclic esters (lactones) is 1. The highest BCUT2D eigenvalue weighted by molar-refractivity contribution is 7.13. The van der Waals surface area contributed by atoms with Crippen molar-refractivity contribution in [1.82, 2.24) is 4.98 Å². The second kappa shape index (κ2) is 7.61. The molecule has 4 rings (SSSR count). The van der Waals surface area contributed by atoms with E-state index in [0.717, 1.165) is 42.9 Å². The van der Waals surface area contributed by atoms with Crippen molar-refractivity contribution < 1.29 is 14.3 Å². The van der Waals surface area contributed by atoms with E-state index in [1.807, 2.05) is 44.2 Å². The van der Waals surface area contributed by atoms with Crippen molar-refractivity contribution in [1.29, 1.82) is 0 Å². The van der Waals surface area contributed by atoms with Crippen LogP contribution in [0.3, 0.4) is 0 Å². The molecule has 29 heavy (non-hydrogen) atoms. The fraction of sp³-hybridized carbons (Fsp3) is 0.217. The molecule has 0 radical (unpaired) electrons. The number of nitrogens with zero attached hydrogens (tertiary/aromatic N) is 1. The molecule has 0 amide bonds. The number of thiazole rings is 1. The van der Waals surface area contributed by atoms with E-state index in [9.17, 15) is 4.79 Å². The lowest BCUT2D eigenvalue weighted by Gasteiger charge is -2.08. The van der Waals surface area contributed by atoms with Crippen molar-refractivity contribution in [3.05, 3.63) is 72.6 Å². The van der Waals surface area contributed by atoms with Gasteiger partial charge in [0.1, 0.15) is 11.5 Å². The van der Waals surface area contributed by atoms with Gasteiger partial charge in [-0.1, -0.05) is 18.2 Å². The Bertz CT molecular complexity index is 1180. The van der Waals surface area contributed by atoms with Gasteiger partial charge in [-0.15, -0.1) is 22.7 Å². The molecule has 1 aliphatic heterocycles. The molecule has 0 spiro atoms. The minimum absolute atomic E-state index is 0.337. The van der Waals surface area contributed by atoms with E-state index in [1.54, 1.807) is 18.4 Å². The minimum Gasteiger partial charge on any atom is -0.496 e. The minimum atomic E-state index is -0.337. The fourth-order valence-electron chi connectivity index (χ4n) is 3.57. The van der Waals surface area contributed by atoms with Crippen LogP contribution in [0.4, 0.5) is 0 Å². The summed E-state index contributed by atoms with van der Waals surface area (Å²) in [6.07, 6.45) is 1.88. The summed E-state index contributed by atoms with van der Waals surface area (Å²) < 4.78 is 11.3. The first-order valence-electron chi connectivity index (χ1n) is 9.22. The van der Waals surface area contributed by atoms with Crippen molar-refractivity contribution in [3.63, 3.8) is 0 Å². The van der Waals surface area contributed by atoms with Crippen LogP contribution in [-0.2, 0) is 9.53 Å². The third-order valence-corrected chi connectivity index (χ3v) is 6.83. The zero-order valence-electron chi connectivity index (χ0n) is 17.0. The Morgan fingerprint density at radius 2 is 1.83 bits per heavy atom. The number of esters is 1. The number of carbonyl (C=O) groups is 1. The summed E-state index contributed by atoms with van der Waals surface area (Å²) in [5.41, 5.74) is 4.16. The lowest BCUT2D eigenvalue weighted by Crippen LogP contribution is -1.98. The van der Waals surface area contributed by atoms with Crippen LogP contribution in [0.1, 0.15) is 36.5 Å². The molecule has 0 saturated heterocycles. The number of ether oxygens (including phenoxy) is 2. The van der Waals surface area contributed by atoms with Crippen LogP contribution < -0.4 is 4.74 Å². The Hall–Kier alpha value is -2.70. The normalized spacial score (nSPS) is 15.3. The fourth-order valence-corrected chi connectivity index (χ4v) is 5.46. The molecule has 1 aliphatic rings. The van der Waals surface area contributed by atoms with Crippen LogP contribution in [-0.4, -0.2) is 18.1 Å². The molecule has 148 valence electrons. The van der Waals surface area contributed by atoms with Crippen molar-refractivity contribution in [3.8, 4) is 5.75 Å². The Morgan fingerprint density at radius 1 is 1.07 bits per heavy atom. The Morgan fingerprint density at radius 3 is 2.45 bits per heavy atom. The first-order valence-corrected chi connectivity index (χ1v) is 10.9. The first kappa shape index (κ1) is 19.6. The molecule has 0 unspecified atom stereocenters. The first-order chi connectivity index (χ1) is 13.9. The largest absolute Gasteiger partial charge is 0.496 e. The third-order valence-electron chi connectivity index (χ3n) is 4.77. The number of para-hydroxylation sites is 1. The van der Waals surface area contributed by atoms with Gasteiger partial charge < -0.3 is 9.47 Å². The van der Waals surface area contributed by atoms with E-state index in [-0.39, 0.29) is 5.97 Å². The molecule has 0 aliphatic carbocycles. The maximum atomic E-state index is 13.0. The number of aromatic nitrogens is 1. The highest BCUT2D eigenvalue weighted by atomic mass is 32.1. The summed E-state index contributed by atoms with van der Waals surface area (Å²) in [6.45, 7) is 8.04. The Balaban J connectivity index is 2.00. The van der Waals surface area contributed by atoms with Gasteiger partial charge in [0, 0.05) is 26.5 Å². The van der Waals surface area contributed by atoms with E-state index < -0.39 is 0 Å². The van der Waals surface area contributed by atoms with Crippen LogP contribution in [0, 0.1) is 27.7 Å². The summed E-state index contributed by atoms with van der Waals surface area (Å²) in [5, 5.41) is 0.928. The number of thiophene rings is 1. The topological polar surface area (TPSA) is 48.4 Å². The molecule has 0 N–H and O–H groups in total. The van der Waals surface area contributed by atoms with E-state index in [1.165, 1.54) is 16.2 Å². The van der Waals surface area contributed by atoms with Gasteiger partial charge in [-0.25, -0.2) is 9.78 Å². The molecule has 3 heterocycles. The number of rotatable bonds is 4. The Labute approximate surface area is 178 Å². The second-order valence-corrected chi connectivity index (χ2v) is 9.53. The average Bonchev–Trinajstić information content (AvgIpc) is 3.29. The molecule has 3 aromatic rings. The number of carbonyl (C=O) groups excluding carboxylic acids is 1. The smallest absolute Gasteiger partial charge is 0.345 e. The predicted molar refractivity (Wildman–Crippen MR) is 119 cm³/mol. The predicted octanol–water partition coefficient (Wildman–Crippen LogP) is 5.96. The van der Waals surface area contributed by atoms with Crippen LogP contribution in [0.15, 0.2) is 36.1 Å². The maximum absolute atomic E-state index is 13.0. The monoisotopic (exact) mass is 423 g/mol. The summed E-state index contributed by atoms with van der Waals surface area (Å²) in [6, 6.07) is 9.82. The van der Waals surface area contributed by atoms with Gasteiger partial charge in [-0.3, -0.25) is 0 Å². The summed E-state index contributed by atoms with van der Waals surface area (Å²) in [5.74, 6) is 0.934. The molecule has 1 aromatic carbocycles. The SMILES string of the molecule is COc1ccccc1/C=C1\OC(=O)C(c2sc(C)nc2C)=C1c1cc(C)sc1C. The average molecular weight is 424 g/mol. The van der Waals surface area contributed by atoms with Gasteiger partial charge in [0.2, 0.25) is 0 Å². The van der Waals surface area contributed by atoms with E-state index in [2.05, 4.69) is 24.9 Å². The van der Waals surface area contributed by atoms with Crippen LogP contribution in [0.2, 0.25) is 0 Å². The second-order valence-electron chi connectivity index (χ2n) is 6.86. The maximum Gasteiger partial charge on any atom is 0.345 e. The number of benzene rings is 1. The molecule has 4 nitrogen and oxygen atoms in total. The van der Waals surface area contributed by atoms with Crippen molar-refractivity contribution >= 4 is 45.9 Å². The quantitative estimate of drug-likeness (QED) is 0.486. The van der Waals surface area contributed by atoms with Crippen molar-refractivity contribution in [2.45, 2.75) is 27.7 Å². The van der Waals surface area contributed by atoms with E-state index in [0.29, 0.717) is 11.3 Å². The molecule has 6 heteroatoms. The Kier molecular flexibility index (Phi) is 5.15. The summed E-state index contributed by atoms with van der Waals surface area (Å²) >= 11 is 3.24. The number of aryl methyl sites for hydroxylation is 4. The summed E-state index contributed by atoms with van der Waals surface area (Å²) in [4.78, 5) is 20.8. The molecule has 0 atom stereocenters. The molecule has 0 fully saturated rings. The highest BCUT2D eigenvalue weighted by Gasteiger charge is 2.35. The molecule has 0 bridgehead atoms. The van der Waals surface area contributed by atoms with Crippen LogP contribution >= 0.6 is 22.7 Å². The van der Waals surface area contributed by atoms with Gasteiger partial charge in [0.05, 0.1) is 28.3 Å². The van der Waals surface area contributed by atoms with Gasteiger partial charge in [0.25, 0.3) is 0 Å². The van der Waals surface area contributed by atoms with Gasteiger partial charge in [-0.05, 0) is 45.9 Å². The van der Waals surface area contributed by atoms with Crippen LogP contribution in [0.5, 0.6) is 5.75 Å². The summed E-state index contributed by atoms with van der Waals surface area (Å²) in [7, 11) is 1.63. The van der Waals surface area contributed by atoms with Gasteiger partial charge in [0.15, 0.2) is 0 Å². The lowest BCUT2D eigenvalue weighted by atomic mass is 9.97. The third kappa shape index (κ3) is 3.54. The molecular formula is C23H21NO3S2. The number of hydrogen-bond acceptors (Lipinski definition) is 6. The molecule has 0 saturated carbocycles. The van der Waals surface area contributed by atoms with Gasteiger partial charge >= 0.3 is 5.97 Å². The lowest BCUT2D eigenvalue weighted by molar-refractivity contribution is -0.131. The van der Waals surface area contributed by atoms with E-state index >= 15 is 0 Å². The van der Waals surface area contributed by atoms with E-state index in [4.69, 9.17) is 9.47 Å². The number of methoxy groups -OCH3 is 1. The zero-order chi connectivity index (χ0) is 20.7. The van der Waals surface area contributed by atoms with Crippen molar-refractivity contribution in [2.75, 3.05) is 7.11 Å². The zero-order valence-corrected chi connectivity index (χ0v) is 18.6. The number of hydrogen-bond donors (Lipinski definition) is 0. The standard InChI is InChI=1S/C23H21NO3S2/c1-12-10-17(14(3)28-12)20-19(11-16-8-6-7-9-18(16)26-5)27-23(25)21(20)22-13(2)24-15(4)29-22/h6-11H,1-5H3/b19-11-. The number of allylic oxidation sites excluding steroid dienone is 1. The van der Waals surface area contributed by atoms with Crippen LogP contribution in [0.25, 0.3) is 17.2 Å². The van der Waals surface area contributed by atoms with Gasteiger partial charge in [-0.2, -0.15) is 0 Å². The molecular weight excluding hydrogens is 402 g/mol. The van der Waals surface area contributed by atoms with Crippen molar-refractivity contribution in [2.24, 2.45) is 0 Å². The molecule has 2 aromatic heterocycles.